The minimum atomic E-state index is -0.385. The summed E-state index contributed by atoms with van der Waals surface area (Å²) in [7, 11) is 1.60. The van der Waals surface area contributed by atoms with Crippen molar-refractivity contribution in [2.45, 2.75) is 26.7 Å². The molecule has 0 aliphatic heterocycles. The largest absolute Gasteiger partial charge is 0.497 e. The zero-order valence-corrected chi connectivity index (χ0v) is 15.9. The zero-order chi connectivity index (χ0) is 19.8. The Morgan fingerprint density at radius 1 is 1.22 bits per heavy atom. The molecule has 142 valence electrons. The first-order valence-electron chi connectivity index (χ1n) is 8.51. The molecule has 0 atom stereocenters. The first-order valence-corrected chi connectivity index (χ1v) is 8.51. The van der Waals surface area contributed by atoms with E-state index in [-0.39, 0.29) is 18.4 Å². The SMILES string of the molecule is COc1ccc(/C=N/NC(=O)COc2cc(C)c(N=O)cc2C(C)C)cc1. The molecule has 0 unspecified atom stereocenters. The van der Waals surface area contributed by atoms with Gasteiger partial charge in [0.25, 0.3) is 5.91 Å². The van der Waals surface area contributed by atoms with E-state index in [1.165, 1.54) is 6.21 Å². The molecule has 0 spiro atoms. The van der Waals surface area contributed by atoms with Gasteiger partial charge in [-0.25, -0.2) is 5.43 Å². The van der Waals surface area contributed by atoms with Gasteiger partial charge in [0.2, 0.25) is 0 Å². The quantitative estimate of drug-likeness (QED) is 0.432. The highest BCUT2D eigenvalue weighted by molar-refractivity contribution is 5.83. The van der Waals surface area contributed by atoms with Gasteiger partial charge in [-0.15, -0.1) is 4.91 Å². The molecule has 0 saturated carbocycles. The third-order valence-corrected chi connectivity index (χ3v) is 3.93. The van der Waals surface area contributed by atoms with Crippen molar-refractivity contribution in [3.8, 4) is 11.5 Å². The fraction of sp³-hybridized carbons (Fsp3) is 0.300. The fourth-order valence-corrected chi connectivity index (χ4v) is 2.41. The molecule has 7 heteroatoms. The molecular weight excluding hydrogens is 346 g/mol. The van der Waals surface area contributed by atoms with Crippen LogP contribution in [0, 0.1) is 11.8 Å². The van der Waals surface area contributed by atoms with Crippen molar-refractivity contribution in [1.29, 1.82) is 0 Å². The molecular formula is C20H23N3O4. The third-order valence-electron chi connectivity index (χ3n) is 3.93. The van der Waals surface area contributed by atoms with Gasteiger partial charge in [0.15, 0.2) is 6.61 Å². The number of hydrazone groups is 1. The van der Waals surface area contributed by atoms with E-state index < -0.39 is 0 Å². The number of methoxy groups -OCH3 is 1. The van der Waals surface area contributed by atoms with Gasteiger partial charge in [0.05, 0.1) is 13.3 Å². The molecule has 7 nitrogen and oxygen atoms in total. The summed E-state index contributed by atoms with van der Waals surface area (Å²) in [5, 5.41) is 6.93. The van der Waals surface area contributed by atoms with Crippen molar-refractivity contribution >= 4 is 17.8 Å². The van der Waals surface area contributed by atoms with Gasteiger partial charge in [-0.1, -0.05) is 13.8 Å². The van der Waals surface area contributed by atoms with E-state index in [1.807, 2.05) is 26.0 Å². The van der Waals surface area contributed by atoms with Crippen molar-refractivity contribution in [2.75, 3.05) is 13.7 Å². The smallest absolute Gasteiger partial charge is 0.277 e. The van der Waals surface area contributed by atoms with Gasteiger partial charge < -0.3 is 9.47 Å². The normalized spacial score (nSPS) is 10.9. The summed E-state index contributed by atoms with van der Waals surface area (Å²) >= 11 is 0. The topological polar surface area (TPSA) is 89.3 Å². The molecule has 0 aromatic heterocycles. The minimum Gasteiger partial charge on any atom is -0.497 e. The molecule has 1 N–H and O–H groups in total. The number of rotatable bonds is 8. The Morgan fingerprint density at radius 2 is 1.93 bits per heavy atom. The van der Waals surface area contributed by atoms with Crippen molar-refractivity contribution in [3.63, 3.8) is 0 Å². The van der Waals surface area contributed by atoms with Crippen molar-refractivity contribution in [2.24, 2.45) is 10.3 Å². The monoisotopic (exact) mass is 369 g/mol. The number of hydrogen-bond acceptors (Lipinski definition) is 6. The highest BCUT2D eigenvalue weighted by Gasteiger charge is 2.13. The summed E-state index contributed by atoms with van der Waals surface area (Å²) < 4.78 is 10.7. The van der Waals surface area contributed by atoms with Crippen LogP contribution in [0.25, 0.3) is 0 Å². The Kier molecular flexibility index (Phi) is 7.05. The number of nitroso groups, excluding NO2 is 1. The number of amides is 1. The molecule has 0 bridgehead atoms. The predicted molar refractivity (Wildman–Crippen MR) is 105 cm³/mol. The van der Waals surface area contributed by atoms with Gasteiger partial charge >= 0.3 is 0 Å². The van der Waals surface area contributed by atoms with Crippen LogP contribution in [0.15, 0.2) is 46.7 Å². The van der Waals surface area contributed by atoms with Crippen LogP contribution in [0.5, 0.6) is 11.5 Å². The fourth-order valence-electron chi connectivity index (χ4n) is 2.41. The number of carbonyl (C=O) groups excluding carboxylic acids is 1. The lowest BCUT2D eigenvalue weighted by Crippen LogP contribution is -2.25. The van der Waals surface area contributed by atoms with Gasteiger partial charge in [-0.05, 0) is 71.1 Å². The van der Waals surface area contributed by atoms with Gasteiger partial charge in [0, 0.05) is 0 Å². The Hall–Kier alpha value is -3.22. The Balaban J connectivity index is 1.95. The average Bonchev–Trinajstić information content (AvgIpc) is 2.66. The highest BCUT2D eigenvalue weighted by atomic mass is 16.5. The molecule has 0 radical (unpaired) electrons. The summed E-state index contributed by atoms with van der Waals surface area (Å²) in [6, 6.07) is 10.7. The molecule has 2 aromatic rings. The van der Waals surface area contributed by atoms with Gasteiger partial charge in [-0.3, -0.25) is 4.79 Å². The van der Waals surface area contributed by atoms with Crippen LogP contribution in [-0.2, 0) is 4.79 Å². The van der Waals surface area contributed by atoms with Gasteiger partial charge in [0.1, 0.15) is 17.2 Å². The number of carbonyl (C=O) groups is 1. The van der Waals surface area contributed by atoms with E-state index in [4.69, 9.17) is 9.47 Å². The van der Waals surface area contributed by atoms with Crippen molar-refractivity contribution in [3.05, 3.63) is 58.0 Å². The zero-order valence-electron chi connectivity index (χ0n) is 15.9. The van der Waals surface area contributed by atoms with E-state index in [2.05, 4.69) is 15.7 Å². The maximum absolute atomic E-state index is 12.0. The number of aryl methyl sites for hydroxylation is 1. The van der Waals surface area contributed by atoms with Crippen LogP contribution in [0.4, 0.5) is 5.69 Å². The summed E-state index contributed by atoms with van der Waals surface area (Å²) in [5.41, 5.74) is 5.14. The maximum Gasteiger partial charge on any atom is 0.277 e. The number of nitrogens with zero attached hydrogens (tertiary/aromatic N) is 2. The van der Waals surface area contributed by atoms with E-state index in [0.29, 0.717) is 17.0 Å². The van der Waals surface area contributed by atoms with Crippen LogP contribution in [0.1, 0.15) is 36.5 Å². The molecule has 2 aromatic carbocycles. The van der Waals surface area contributed by atoms with Crippen molar-refractivity contribution in [1.82, 2.24) is 5.43 Å². The summed E-state index contributed by atoms with van der Waals surface area (Å²) in [4.78, 5) is 22.8. The first-order chi connectivity index (χ1) is 12.9. The second-order valence-electron chi connectivity index (χ2n) is 6.28. The number of benzene rings is 2. The Bertz CT molecular complexity index is 830. The Morgan fingerprint density at radius 3 is 2.52 bits per heavy atom. The number of ether oxygens (including phenoxy) is 2. The second-order valence-corrected chi connectivity index (χ2v) is 6.28. The third kappa shape index (κ3) is 5.64. The molecule has 0 fully saturated rings. The lowest BCUT2D eigenvalue weighted by Gasteiger charge is -2.15. The molecule has 27 heavy (non-hydrogen) atoms. The first kappa shape index (κ1) is 20.1. The van der Waals surface area contributed by atoms with Crippen molar-refractivity contribution < 1.29 is 14.3 Å². The van der Waals surface area contributed by atoms with Crippen LogP contribution in [0.3, 0.4) is 0 Å². The molecule has 2 rings (SSSR count). The van der Waals surface area contributed by atoms with Crippen LogP contribution in [0.2, 0.25) is 0 Å². The summed E-state index contributed by atoms with van der Waals surface area (Å²) in [6.45, 7) is 5.54. The molecule has 0 saturated heterocycles. The molecule has 0 heterocycles. The number of nitrogens with one attached hydrogen (secondary N) is 1. The lowest BCUT2D eigenvalue weighted by molar-refractivity contribution is -0.123. The van der Waals surface area contributed by atoms with Gasteiger partial charge in [-0.2, -0.15) is 5.10 Å². The predicted octanol–water partition coefficient (Wildman–Crippen LogP) is 4.05. The van der Waals surface area contributed by atoms with Crippen LogP contribution in [-0.4, -0.2) is 25.8 Å². The maximum atomic E-state index is 12.0. The van der Waals surface area contributed by atoms with E-state index in [0.717, 1.165) is 16.9 Å². The number of hydrogen-bond donors (Lipinski definition) is 1. The van der Waals surface area contributed by atoms with E-state index >= 15 is 0 Å². The van der Waals surface area contributed by atoms with E-state index in [1.54, 1.807) is 38.3 Å². The minimum absolute atomic E-state index is 0.122. The Labute approximate surface area is 158 Å². The molecule has 0 aliphatic rings. The standard InChI is InChI=1S/C20H23N3O4/c1-13(2)17-10-18(23-25)14(3)9-19(17)27-12-20(24)22-21-11-15-5-7-16(26-4)8-6-15/h5-11,13H,12H2,1-4H3,(H,22,24)/b21-11+. The van der Waals surface area contributed by atoms with Crippen LogP contribution < -0.4 is 14.9 Å². The second kappa shape index (κ2) is 9.47. The highest BCUT2D eigenvalue weighted by Crippen LogP contribution is 2.33. The molecule has 1 amide bonds. The lowest BCUT2D eigenvalue weighted by atomic mass is 9.99. The van der Waals surface area contributed by atoms with Crippen LogP contribution >= 0.6 is 0 Å². The summed E-state index contributed by atoms with van der Waals surface area (Å²) in [5.74, 6) is 1.04. The average molecular weight is 369 g/mol. The summed E-state index contributed by atoms with van der Waals surface area (Å²) in [6.07, 6.45) is 1.53. The van der Waals surface area contributed by atoms with E-state index in [9.17, 15) is 9.70 Å². The molecule has 0 aliphatic carbocycles.